The predicted molar refractivity (Wildman–Crippen MR) is 94.7 cm³/mol. The molecule has 0 N–H and O–H groups in total. The van der Waals surface area contributed by atoms with Crippen LogP contribution in [0.1, 0.15) is 9.67 Å². The Bertz CT molecular complexity index is 897. The Morgan fingerprint density at radius 2 is 1.96 bits per heavy atom. The van der Waals surface area contributed by atoms with Gasteiger partial charge in [0.05, 0.1) is 17.4 Å². The van der Waals surface area contributed by atoms with Crippen LogP contribution in [0.3, 0.4) is 0 Å². The summed E-state index contributed by atoms with van der Waals surface area (Å²) in [6.07, 6.45) is 5.22. The highest BCUT2D eigenvalue weighted by Crippen LogP contribution is 2.27. The quantitative estimate of drug-likeness (QED) is 0.703. The van der Waals surface area contributed by atoms with Crippen molar-refractivity contribution < 1.29 is 4.79 Å². The van der Waals surface area contributed by atoms with Crippen LogP contribution in [0.15, 0.2) is 30.7 Å². The third-order valence-corrected chi connectivity index (χ3v) is 5.43. The molecule has 1 amide bonds. The molecule has 8 heteroatoms. The predicted octanol–water partition coefficient (Wildman–Crippen LogP) is 2.50. The molecule has 0 spiro atoms. The van der Waals surface area contributed by atoms with Gasteiger partial charge in [0.1, 0.15) is 21.2 Å². The molecular formula is C16H16ClN5OS. The molecule has 0 radical (unpaired) electrons. The summed E-state index contributed by atoms with van der Waals surface area (Å²) in [5.41, 5.74) is 1.64. The van der Waals surface area contributed by atoms with Crippen molar-refractivity contribution in [1.29, 1.82) is 0 Å². The summed E-state index contributed by atoms with van der Waals surface area (Å²) in [6, 6.07) is 3.66. The number of nitrogens with zero attached hydrogens (tertiary/aromatic N) is 5. The number of thiazole rings is 1. The highest BCUT2D eigenvalue weighted by atomic mass is 35.5. The van der Waals surface area contributed by atoms with Crippen LogP contribution in [0, 0.1) is 0 Å². The number of pyridine rings is 1. The molecule has 1 saturated heterocycles. The molecular weight excluding hydrogens is 346 g/mol. The third kappa shape index (κ3) is 2.79. The molecule has 0 aliphatic carbocycles. The summed E-state index contributed by atoms with van der Waals surface area (Å²) in [5, 5.41) is 1.40. The lowest BCUT2D eigenvalue weighted by Crippen LogP contribution is -2.46. The molecule has 0 unspecified atom stereocenters. The number of likely N-dealkylation sites (N-methyl/N-ethyl adjacent to an activating group) is 1. The number of halogens is 1. The first-order chi connectivity index (χ1) is 11.6. The van der Waals surface area contributed by atoms with Crippen LogP contribution in [-0.4, -0.2) is 63.3 Å². The molecule has 0 aromatic carbocycles. The number of fused-ring (bicyclic) bond motifs is 1. The van der Waals surface area contributed by atoms with Gasteiger partial charge in [-0.25, -0.2) is 9.97 Å². The van der Waals surface area contributed by atoms with E-state index in [1.54, 1.807) is 18.5 Å². The largest absolute Gasteiger partial charge is 0.335 e. The number of amides is 1. The monoisotopic (exact) mass is 361 g/mol. The molecule has 0 bridgehead atoms. The highest BCUT2D eigenvalue weighted by molar-refractivity contribution is 7.16. The maximum atomic E-state index is 12.6. The second-order valence-electron chi connectivity index (χ2n) is 5.84. The van der Waals surface area contributed by atoms with Crippen LogP contribution in [0.4, 0.5) is 0 Å². The lowest BCUT2D eigenvalue weighted by molar-refractivity contribution is 0.0668. The van der Waals surface area contributed by atoms with Crippen molar-refractivity contribution in [3.8, 4) is 10.7 Å². The van der Waals surface area contributed by atoms with E-state index in [1.807, 2.05) is 21.6 Å². The molecule has 1 aliphatic heterocycles. The standard InChI is InChI=1S/C16H16ClN5OS/c1-20-4-6-21(7-5-20)16(23)13-9-19-15(24-13)12-8-18-14-3-2-11(17)10-22(12)14/h2-3,8-10H,4-7H2,1H3. The highest BCUT2D eigenvalue weighted by Gasteiger charge is 2.23. The number of hydrogen-bond acceptors (Lipinski definition) is 5. The lowest BCUT2D eigenvalue weighted by Gasteiger charge is -2.31. The Morgan fingerprint density at radius 1 is 1.17 bits per heavy atom. The maximum Gasteiger partial charge on any atom is 0.265 e. The van der Waals surface area contributed by atoms with Gasteiger partial charge in [-0.15, -0.1) is 11.3 Å². The van der Waals surface area contributed by atoms with Crippen molar-refractivity contribution in [2.24, 2.45) is 0 Å². The Balaban J connectivity index is 1.62. The second kappa shape index (κ2) is 6.16. The van der Waals surface area contributed by atoms with Crippen molar-refractivity contribution in [2.75, 3.05) is 33.2 Å². The number of carbonyl (C=O) groups is 1. The zero-order valence-electron chi connectivity index (χ0n) is 13.1. The molecule has 4 rings (SSSR count). The van der Waals surface area contributed by atoms with Gasteiger partial charge in [0.2, 0.25) is 0 Å². The van der Waals surface area contributed by atoms with E-state index in [0.29, 0.717) is 9.90 Å². The normalized spacial score (nSPS) is 16.0. The van der Waals surface area contributed by atoms with E-state index in [4.69, 9.17) is 11.6 Å². The summed E-state index contributed by atoms with van der Waals surface area (Å²) in [7, 11) is 2.07. The van der Waals surface area contributed by atoms with Crippen LogP contribution in [0.5, 0.6) is 0 Å². The van der Waals surface area contributed by atoms with Crippen molar-refractivity contribution >= 4 is 34.5 Å². The van der Waals surface area contributed by atoms with Gasteiger partial charge >= 0.3 is 0 Å². The lowest BCUT2D eigenvalue weighted by atomic mass is 10.3. The number of carbonyl (C=O) groups excluding carboxylic acids is 1. The fourth-order valence-corrected chi connectivity index (χ4v) is 3.82. The van der Waals surface area contributed by atoms with Gasteiger partial charge in [-0.3, -0.25) is 9.20 Å². The molecule has 124 valence electrons. The van der Waals surface area contributed by atoms with Crippen molar-refractivity contribution in [2.45, 2.75) is 0 Å². The fraction of sp³-hybridized carbons (Fsp3) is 0.312. The first-order valence-corrected chi connectivity index (χ1v) is 8.88. The number of imidazole rings is 1. The van der Waals surface area contributed by atoms with E-state index in [1.165, 1.54) is 11.3 Å². The van der Waals surface area contributed by atoms with E-state index in [-0.39, 0.29) is 5.91 Å². The topological polar surface area (TPSA) is 53.7 Å². The Labute approximate surface area is 148 Å². The average Bonchev–Trinajstić information content (AvgIpc) is 3.21. The van der Waals surface area contributed by atoms with Gasteiger partial charge in [0, 0.05) is 32.4 Å². The molecule has 24 heavy (non-hydrogen) atoms. The van der Waals surface area contributed by atoms with Crippen molar-refractivity contribution in [3.63, 3.8) is 0 Å². The second-order valence-corrected chi connectivity index (χ2v) is 7.31. The van der Waals surface area contributed by atoms with Crippen molar-refractivity contribution in [1.82, 2.24) is 24.2 Å². The molecule has 6 nitrogen and oxygen atoms in total. The summed E-state index contributed by atoms with van der Waals surface area (Å²) >= 11 is 7.47. The maximum absolute atomic E-state index is 12.6. The Hall–Kier alpha value is -1.96. The first-order valence-electron chi connectivity index (χ1n) is 7.68. The number of hydrogen-bond donors (Lipinski definition) is 0. The summed E-state index contributed by atoms with van der Waals surface area (Å²) in [4.78, 5) is 26.2. The number of piperazine rings is 1. The minimum atomic E-state index is 0.0544. The van der Waals surface area contributed by atoms with Crippen LogP contribution in [-0.2, 0) is 0 Å². The Morgan fingerprint density at radius 3 is 2.75 bits per heavy atom. The molecule has 3 aromatic heterocycles. The van der Waals surface area contributed by atoms with Crippen LogP contribution < -0.4 is 0 Å². The summed E-state index contributed by atoms with van der Waals surface area (Å²) < 4.78 is 1.89. The van der Waals surface area contributed by atoms with Gasteiger partial charge in [0.25, 0.3) is 5.91 Å². The van der Waals surface area contributed by atoms with Crippen LogP contribution in [0.25, 0.3) is 16.3 Å². The third-order valence-electron chi connectivity index (χ3n) is 4.20. The minimum absolute atomic E-state index is 0.0544. The molecule has 1 aliphatic rings. The first kappa shape index (κ1) is 15.6. The average molecular weight is 362 g/mol. The van der Waals surface area contributed by atoms with Gasteiger partial charge in [-0.1, -0.05) is 11.6 Å². The number of rotatable bonds is 2. The van der Waals surface area contributed by atoms with Gasteiger partial charge in [-0.2, -0.15) is 0 Å². The van der Waals surface area contributed by atoms with Gasteiger partial charge < -0.3 is 9.80 Å². The molecule has 4 heterocycles. The fourth-order valence-electron chi connectivity index (χ4n) is 2.77. The van der Waals surface area contributed by atoms with E-state index < -0.39 is 0 Å². The smallest absolute Gasteiger partial charge is 0.265 e. The summed E-state index contributed by atoms with van der Waals surface area (Å²) in [5.74, 6) is 0.0544. The zero-order valence-corrected chi connectivity index (χ0v) is 14.7. The molecule has 0 atom stereocenters. The molecule has 0 saturated carbocycles. The van der Waals surface area contributed by atoms with E-state index in [0.717, 1.165) is 42.5 Å². The van der Waals surface area contributed by atoms with Gasteiger partial charge in [-0.05, 0) is 19.2 Å². The Kier molecular flexibility index (Phi) is 3.99. The number of aromatic nitrogens is 3. The van der Waals surface area contributed by atoms with Crippen LogP contribution >= 0.6 is 22.9 Å². The summed E-state index contributed by atoms with van der Waals surface area (Å²) in [6.45, 7) is 3.33. The minimum Gasteiger partial charge on any atom is -0.335 e. The van der Waals surface area contributed by atoms with E-state index >= 15 is 0 Å². The van der Waals surface area contributed by atoms with Gasteiger partial charge in [0.15, 0.2) is 0 Å². The van der Waals surface area contributed by atoms with Crippen LogP contribution in [0.2, 0.25) is 5.02 Å². The molecule has 3 aromatic rings. The van der Waals surface area contributed by atoms with E-state index in [9.17, 15) is 4.79 Å². The molecule has 1 fully saturated rings. The zero-order chi connectivity index (χ0) is 16.7. The SMILES string of the molecule is CN1CCN(C(=O)c2cnc(-c3cnc4ccc(Cl)cn34)s2)CC1. The van der Waals surface area contributed by atoms with E-state index in [2.05, 4.69) is 21.9 Å². The van der Waals surface area contributed by atoms with Crippen molar-refractivity contribution in [3.05, 3.63) is 40.6 Å².